The van der Waals surface area contributed by atoms with Crippen LogP contribution in [0.15, 0.2) is 12.1 Å². The van der Waals surface area contributed by atoms with Crippen LogP contribution in [0.4, 0.5) is 0 Å². The Hall–Kier alpha value is -2.68. The minimum Gasteiger partial charge on any atom is -0.496 e. The lowest BCUT2D eigenvalue weighted by Gasteiger charge is -2.18. The molecule has 0 saturated carbocycles. The number of aliphatic carboxylic acids is 1. The largest absolute Gasteiger partial charge is 0.496 e. The van der Waals surface area contributed by atoms with E-state index in [0.29, 0.717) is 42.2 Å². The molecule has 0 saturated heterocycles. The van der Waals surface area contributed by atoms with Crippen molar-refractivity contribution in [2.75, 3.05) is 27.9 Å². The number of carboxylic acids is 1. The first-order chi connectivity index (χ1) is 11.9. The van der Waals surface area contributed by atoms with Gasteiger partial charge in [0, 0.05) is 25.2 Å². The van der Waals surface area contributed by atoms with Gasteiger partial charge in [-0.3, -0.25) is 10.2 Å². The van der Waals surface area contributed by atoms with Crippen molar-refractivity contribution in [3.05, 3.63) is 17.7 Å². The molecule has 0 heterocycles. The van der Waals surface area contributed by atoms with Crippen LogP contribution in [0.1, 0.15) is 18.4 Å². The molecule has 0 aliphatic rings. The molecule has 9 heteroatoms. The number of guanidine groups is 1. The third-order valence-corrected chi connectivity index (χ3v) is 3.63. The Morgan fingerprint density at radius 1 is 1.24 bits per heavy atom. The van der Waals surface area contributed by atoms with Gasteiger partial charge in [-0.05, 0) is 12.8 Å². The van der Waals surface area contributed by atoms with Crippen LogP contribution in [0.5, 0.6) is 17.2 Å². The molecule has 25 heavy (non-hydrogen) atoms. The third kappa shape index (κ3) is 6.38. The van der Waals surface area contributed by atoms with E-state index in [9.17, 15) is 9.90 Å². The first kappa shape index (κ1) is 20.4. The number of ether oxygens (including phenoxy) is 3. The van der Waals surface area contributed by atoms with Crippen LogP contribution in [0.2, 0.25) is 0 Å². The predicted molar refractivity (Wildman–Crippen MR) is 93.5 cm³/mol. The molecule has 140 valence electrons. The van der Waals surface area contributed by atoms with Crippen molar-refractivity contribution < 1.29 is 24.1 Å². The topological polar surface area (TPSA) is 139 Å². The van der Waals surface area contributed by atoms with Gasteiger partial charge in [-0.1, -0.05) is 0 Å². The smallest absolute Gasteiger partial charge is 0.320 e. The molecule has 1 aromatic rings. The maximum absolute atomic E-state index is 11.4. The lowest BCUT2D eigenvalue weighted by Crippen LogP contribution is -2.38. The Kier molecular flexibility index (Phi) is 8.34. The highest BCUT2D eigenvalue weighted by atomic mass is 16.5. The first-order valence-corrected chi connectivity index (χ1v) is 7.75. The summed E-state index contributed by atoms with van der Waals surface area (Å²) in [7, 11) is 4.60. The number of benzene rings is 1. The second-order valence-corrected chi connectivity index (χ2v) is 5.26. The van der Waals surface area contributed by atoms with Crippen molar-refractivity contribution in [1.29, 1.82) is 5.41 Å². The number of carbonyl (C=O) groups is 1. The zero-order valence-corrected chi connectivity index (χ0v) is 14.7. The molecule has 0 radical (unpaired) electrons. The molecule has 0 aromatic heterocycles. The third-order valence-electron chi connectivity index (χ3n) is 3.63. The van der Waals surface area contributed by atoms with Crippen molar-refractivity contribution in [3.8, 4) is 17.2 Å². The maximum Gasteiger partial charge on any atom is 0.320 e. The minimum absolute atomic E-state index is 0.132. The number of methoxy groups -OCH3 is 3. The summed E-state index contributed by atoms with van der Waals surface area (Å²) >= 11 is 0. The number of nitrogens with two attached hydrogens (primary N) is 1. The Morgan fingerprint density at radius 3 is 2.28 bits per heavy atom. The van der Waals surface area contributed by atoms with E-state index in [4.69, 9.17) is 25.4 Å². The molecule has 0 bridgehead atoms. The van der Waals surface area contributed by atoms with Gasteiger partial charge in [-0.2, -0.15) is 0 Å². The molecular weight excluding hydrogens is 328 g/mol. The number of hydrogen-bond donors (Lipinski definition) is 5. The number of hydrogen-bond acceptors (Lipinski definition) is 6. The highest BCUT2D eigenvalue weighted by molar-refractivity contribution is 5.74. The summed E-state index contributed by atoms with van der Waals surface area (Å²) < 4.78 is 15.9. The van der Waals surface area contributed by atoms with E-state index < -0.39 is 12.0 Å². The van der Waals surface area contributed by atoms with E-state index in [1.807, 2.05) is 0 Å². The van der Waals surface area contributed by atoms with Gasteiger partial charge >= 0.3 is 5.97 Å². The standard InChI is InChI=1S/C16H26N4O5/c1-23-10-7-13(24-2)11(14(8-10)25-3)9-20-12(15(21)22)5-4-6-19-16(17)18/h7-8,12,20H,4-6,9H2,1-3H3,(H,21,22)(H4,17,18,19)/t12-/m0/s1. The zero-order valence-electron chi connectivity index (χ0n) is 14.7. The SMILES string of the molecule is COc1cc(OC)c(CN[C@@H](CCCNC(=N)N)C(=O)O)c(OC)c1. The molecule has 0 unspecified atom stereocenters. The van der Waals surface area contributed by atoms with Gasteiger partial charge < -0.3 is 35.7 Å². The van der Waals surface area contributed by atoms with Crippen LogP contribution >= 0.6 is 0 Å². The van der Waals surface area contributed by atoms with Crippen LogP contribution in [-0.4, -0.2) is 51.0 Å². The van der Waals surface area contributed by atoms with E-state index in [-0.39, 0.29) is 12.5 Å². The van der Waals surface area contributed by atoms with E-state index in [1.165, 1.54) is 14.2 Å². The molecule has 1 rings (SSSR count). The van der Waals surface area contributed by atoms with E-state index in [0.717, 1.165) is 0 Å². The average molecular weight is 354 g/mol. The summed E-state index contributed by atoms with van der Waals surface area (Å²) in [6.07, 6.45) is 0.941. The quantitative estimate of drug-likeness (QED) is 0.220. The van der Waals surface area contributed by atoms with Gasteiger partial charge in [-0.25, -0.2) is 0 Å². The number of rotatable bonds is 11. The number of nitrogens with one attached hydrogen (secondary N) is 3. The van der Waals surface area contributed by atoms with Crippen LogP contribution in [0.25, 0.3) is 0 Å². The number of carboxylic acid groups (broad SMARTS) is 1. The summed E-state index contributed by atoms with van der Waals surface area (Å²) in [5.74, 6) is 0.599. The molecule has 6 N–H and O–H groups in total. The van der Waals surface area contributed by atoms with E-state index >= 15 is 0 Å². The van der Waals surface area contributed by atoms with Crippen molar-refractivity contribution in [2.24, 2.45) is 5.73 Å². The molecule has 9 nitrogen and oxygen atoms in total. The van der Waals surface area contributed by atoms with E-state index in [1.54, 1.807) is 19.2 Å². The normalized spacial score (nSPS) is 11.5. The Morgan fingerprint density at radius 2 is 1.84 bits per heavy atom. The van der Waals surface area contributed by atoms with Crippen molar-refractivity contribution in [2.45, 2.75) is 25.4 Å². The lowest BCUT2D eigenvalue weighted by molar-refractivity contribution is -0.139. The Labute approximate surface area is 147 Å². The molecular formula is C16H26N4O5. The van der Waals surface area contributed by atoms with Gasteiger partial charge in [-0.15, -0.1) is 0 Å². The fourth-order valence-corrected chi connectivity index (χ4v) is 2.32. The lowest BCUT2D eigenvalue weighted by atomic mass is 10.1. The van der Waals surface area contributed by atoms with E-state index in [2.05, 4.69) is 10.6 Å². The van der Waals surface area contributed by atoms with Gasteiger partial charge in [0.05, 0.1) is 26.9 Å². The molecule has 0 amide bonds. The summed E-state index contributed by atoms with van der Waals surface area (Å²) in [5.41, 5.74) is 5.90. The molecule has 0 fully saturated rings. The van der Waals surface area contributed by atoms with Crippen molar-refractivity contribution in [3.63, 3.8) is 0 Å². The van der Waals surface area contributed by atoms with Gasteiger partial charge in [0.2, 0.25) is 0 Å². The van der Waals surface area contributed by atoms with Crippen molar-refractivity contribution >= 4 is 11.9 Å². The van der Waals surface area contributed by atoms with Crippen LogP contribution in [-0.2, 0) is 11.3 Å². The highest BCUT2D eigenvalue weighted by Gasteiger charge is 2.19. The van der Waals surface area contributed by atoms with Gasteiger partial charge in [0.15, 0.2) is 5.96 Å². The summed E-state index contributed by atoms with van der Waals surface area (Å²) in [5, 5.41) is 22.1. The van der Waals surface area contributed by atoms with Crippen molar-refractivity contribution in [1.82, 2.24) is 10.6 Å². The molecule has 1 atom stereocenters. The summed E-state index contributed by atoms with van der Waals surface area (Å²) in [6, 6.07) is 2.68. The molecule has 0 aliphatic carbocycles. The second-order valence-electron chi connectivity index (χ2n) is 5.26. The monoisotopic (exact) mass is 354 g/mol. The van der Waals surface area contributed by atoms with Gasteiger partial charge in [0.25, 0.3) is 0 Å². The minimum atomic E-state index is -0.950. The van der Waals surface area contributed by atoms with Crippen LogP contribution in [0.3, 0.4) is 0 Å². The maximum atomic E-state index is 11.4. The fourth-order valence-electron chi connectivity index (χ4n) is 2.32. The second kappa shape index (κ2) is 10.2. The summed E-state index contributed by atoms with van der Waals surface area (Å²) in [6.45, 7) is 0.698. The van der Waals surface area contributed by atoms with Gasteiger partial charge in [0.1, 0.15) is 23.3 Å². The summed E-state index contributed by atoms with van der Waals surface area (Å²) in [4.78, 5) is 11.4. The predicted octanol–water partition coefficient (Wildman–Crippen LogP) is 0.518. The first-order valence-electron chi connectivity index (χ1n) is 7.75. The van der Waals surface area contributed by atoms with Crippen LogP contribution < -0.4 is 30.6 Å². The Balaban J connectivity index is 2.78. The van der Waals surface area contributed by atoms with Crippen LogP contribution in [0, 0.1) is 5.41 Å². The molecule has 0 aliphatic heterocycles. The fraction of sp³-hybridized carbons (Fsp3) is 0.500. The molecule has 1 aromatic carbocycles. The zero-order chi connectivity index (χ0) is 18.8. The Bertz CT molecular complexity index is 569. The highest BCUT2D eigenvalue weighted by Crippen LogP contribution is 2.34. The average Bonchev–Trinajstić information content (AvgIpc) is 2.59. The molecule has 0 spiro atoms.